The average Bonchev–Trinajstić information content (AvgIpc) is 2.81. The van der Waals surface area contributed by atoms with Crippen LogP contribution in [0.3, 0.4) is 0 Å². The third kappa shape index (κ3) is 4.60. The molecule has 0 bridgehead atoms. The van der Waals surface area contributed by atoms with Gasteiger partial charge in [0.25, 0.3) is 5.69 Å². The molecule has 0 aliphatic rings. The number of rotatable bonds is 6. The van der Waals surface area contributed by atoms with Crippen LogP contribution in [0.5, 0.6) is 5.75 Å². The Morgan fingerprint density at radius 3 is 2.39 bits per heavy atom. The largest absolute Gasteiger partial charge is 0.488 e. The Labute approximate surface area is 179 Å². The minimum Gasteiger partial charge on any atom is -0.488 e. The fraction of sp³-hybridized carbons (Fsp3) is 0.0385. The van der Waals surface area contributed by atoms with Gasteiger partial charge in [-0.3, -0.25) is 10.1 Å². The highest BCUT2D eigenvalue weighted by molar-refractivity contribution is 5.94. The molecule has 0 aliphatic carbocycles. The van der Waals surface area contributed by atoms with Gasteiger partial charge in [0.15, 0.2) is 0 Å². The summed E-state index contributed by atoms with van der Waals surface area (Å²) in [5, 5.41) is 22.8. The predicted molar refractivity (Wildman–Crippen MR) is 121 cm³/mol. The molecule has 0 saturated heterocycles. The number of non-ortho nitro benzene ring substituents is 1. The van der Waals surface area contributed by atoms with Gasteiger partial charge >= 0.3 is 0 Å². The summed E-state index contributed by atoms with van der Waals surface area (Å²) in [5.74, 6) is 0.634. The van der Waals surface area contributed by atoms with Crippen LogP contribution in [-0.4, -0.2) is 4.92 Å². The minimum atomic E-state index is -0.430. The van der Waals surface area contributed by atoms with E-state index in [0.717, 1.165) is 27.5 Å². The van der Waals surface area contributed by atoms with Crippen molar-refractivity contribution in [1.29, 1.82) is 5.26 Å². The summed E-state index contributed by atoms with van der Waals surface area (Å²) in [5.41, 5.74) is 3.03. The number of hydrogen-bond donors (Lipinski definition) is 0. The lowest BCUT2D eigenvalue weighted by molar-refractivity contribution is -0.384. The first-order valence-corrected chi connectivity index (χ1v) is 9.70. The number of nitrogens with zero attached hydrogens (tertiary/aromatic N) is 2. The summed E-state index contributed by atoms with van der Waals surface area (Å²) >= 11 is 0. The van der Waals surface area contributed by atoms with Crippen LogP contribution >= 0.6 is 0 Å². The van der Waals surface area contributed by atoms with Gasteiger partial charge in [0.05, 0.1) is 16.6 Å². The maximum atomic E-state index is 10.8. The molecule has 31 heavy (non-hydrogen) atoms. The lowest BCUT2D eigenvalue weighted by Gasteiger charge is -2.10. The second kappa shape index (κ2) is 8.93. The van der Waals surface area contributed by atoms with Crippen LogP contribution in [-0.2, 0) is 6.61 Å². The van der Waals surface area contributed by atoms with E-state index in [1.807, 2.05) is 72.8 Å². The highest BCUT2D eigenvalue weighted by Gasteiger charge is 2.08. The molecular weight excluding hydrogens is 388 g/mol. The van der Waals surface area contributed by atoms with E-state index in [-0.39, 0.29) is 12.3 Å². The van der Waals surface area contributed by atoms with Crippen molar-refractivity contribution in [2.45, 2.75) is 6.61 Å². The van der Waals surface area contributed by atoms with Crippen LogP contribution in [0.4, 0.5) is 5.69 Å². The number of fused-ring (bicyclic) bond motifs is 1. The molecule has 0 aromatic heterocycles. The lowest BCUT2D eigenvalue weighted by atomic mass is 10.00. The van der Waals surface area contributed by atoms with E-state index >= 15 is 0 Å². The molecule has 0 saturated carbocycles. The van der Waals surface area contributed by atoms with Crippen molar-refractivity contribution in [3.8, 4) is 11.8 Å². The second-order valence-corrected chi connectivity index (χ2v) is 6.98. The Morgan fingerprint density at radius 2 is 1.65 bits per heavy atom. The van der Waals surface area contributed by atoms with Gasteiger partial charge in [0.2, 0.25) is 0 Å². The third-order valence-electron chi connectivity index (χ3n) is 4.94. The number of hydrogen-bond acceptors (Lipinski definition) is 4. The van der Waals surface area contributed by atoms with Gasteiger partial charge in [-0.2, -0.15) is 5.26 Å². The molecular formula is C26H18N2O3. The van der Waals surface area contributed by atoms with E-state index in [4.69, 9.17) is 4.74 Å². The maximum absolute atomic E-state index is 10.8. The minimum absolute atomic E-state index is 0.0427. The van der Waals surface area contributed by atoms with E-state index in [9.17, 15) is 15.4 Å². The number of benzene rings is 4. The van der Waals surface area contributed by atoms with Gasteiger partial charge in [-0.15, -0.1) is 0 Å². The summed E-state index contributed by atoms with van der Waals surface area (Å²) in [6, 6.07) is 30.0. The summed E-state index contributed by atoms with van der Waals surface area (Å²) in [6.07, 6.45) is 1.81. The van der Waals surface area contributed by atoms with Crippen LogP contribution < -0.4 is 4.74 Å². The lowest BCUT2D eigenvalue weighted by Crippen LogP contribution is -1.97. The summed E-state index contributed by atoms with van der Waals surface area (Å²) in [7, 11) is 0. The Morgan fingerprint density at radius 1 is 0.935 bits per heavy atom. The van der Waals surface area contributed by atoms with Crippen molar-refractivity contribution >= 4 is 28.1 Å². The first kappa shape index (κ1) is 19.9. The van der Waals surface area contributed by atoms with Crippen LogP contribution in [0.2, 0.25) is 0 Å². The van der Waals surface area contributed by atoms with Crippen LogP contribution in [0.15, 0.2) is 91.0 Å². The Kier molecular flexibility index (Phi) is 5.72. The van der Waals surface area contributed by atoms with Gasteiger partial charge in [0.1, 0.15) is 12.4 Å². The molecule has 4 aromatic carbocycles. The van der Waals surface area contributed by atoms with Crippen molar-refractivity contribution in [2.24, 2.45) is 0 Å². The van der Waals surface area contributed by atoms with Crippen LogP contribution in [0.25, 0.3) is 22.4 Å². The summed E-state index contributed by atoms with van der Waals surface area (Å²) in [4.78, 5) is 10.4. The molecule has 0 radical (unpaired) electrons. The topological polar surface area (TPSA) is 76.2 Å². The van der Waals surface area contributed by atoms with Crippen molar-refractivity contribution < 1.29 is 9.66 Å². The van der Waals surface area contributed by atoms with Gasteiger partial charge in [-0.1, -0.05) is 54.6 Å². The number of allylic oxidation sites excluding steroid dienone is 1. The van der Waals surface area contributed by atoms with E-state index in [2.05, 4.69) is 6.07 Å². The Hall–Kier alpha value is -4.43. The Bertz CT molecular complexity index is 1320. The standard InChI is InChI=1S/C26H18N2O3/c27-17-24(22-12-11-20-5-1-2-6-21(20)15-22)16-23-7-3-4-8-26(23)31-18-19-9-13-25(14-10-19)28(29)30/h1-16H,18H2. The normalized spacial score (nSPS) is 11.1. The zero-order chi connectivity index (χ0) is 21.6. The zero-order valence-electron chi connectivity index (χ0n) is 16.6. The van der Waals surface area contributed by atoms with Crippen LogP contribution in [0.1, 0.15) is 16.7 Å². The molecule has 150 valence electrons. The quantitative estimate of drug-likeness (QED) is 0.161. The molecule has 5 nitrogen and oxygen atoms in total. The van der Waals surface area contributed by atoms with Crippen molar-refractivity contribution in [3.63, 3.8) is 0 Å². The molecule has 0 heterocycles. The highest BCUT2D eigenvalue weighted by Crippen LogP contribution is 2.27. The summed E-state index contributed by atoms with van der Waals surface area (Å²) in [6.45, 7) is 0.265. The van der Waals surface area contributed by atoms with Crippen molar-refractivity contribution in [2.75, 3.05) is 0 Å². The first-order chi connectivity index (χ1) is 15.1. The van der Waals surface area contributed by atoms with Crippen molar-refractivity contribution in [1.82, 2.24) is 0 Å². The maximum Gasteiger partial charge on any atom is 0.269 e. The number of para-hydroxylation sites is 1. The number of nitro benzene ring substituents is 1. The predicted octanol–water partition coefficient (Wildman–Crippen LogP) is 6.39. The monoisotopic (exact) mass is 406 g/mol. The molecule has 0 spiro atoms. The van der Waals surface area contributed by atoms with E-state index in [1.54, 1.807) is 12.1 Å². The smallest absolute Gasteiger partial charge is 0.269 e. The first-order valence-electron chi connectivity index (χ1n) is 9.70. The van der Waals surface area contributed by atoms with Crippen LogP contribution in [0, 0.1) is 21.4 Å². The van der Waals surface area contributed by atoms with E-state index in [1.165, 1.54) is 12.1 Å². The second-order valence-electron chi connectivity index (χ2n) is 6.98. The van der Waals surface area contributed by atoms with Gasteiger partial charge in [0, 0.05) is 17.7 Å². The summed E-state index contributed by atoms with van der Waals surface area (Å²) < 4.78 is 5.95. The number of ether oxygens (including phenoxy) is 1. The fourth-order valence-electron chi connectivity index (χ4n) is 3.30. The van der Waals surface area contributed by atoms with Gasteiger partial charge in [-0.25, -0.2) is 0 Å². The molecule has 0 aliphatic heterocycles. The van der Waals surface area contributed by atoms with E-state index < -0.39 is 4.92 Å². The van der Waals surface area contributed by atoms with Gasteiger partial charge in [-0.05, 0) is 52.2 Å². The SMILES string of the molecule is N#CC(=Cc1ccccc1OCc1ccc([N+](=O)[O-])cc1)c1ccc2ccccc2c1. The molecule has 0 N–H and O–H groups in total. The highest BCUT2D eigenvalue weighted by atomic mass is 16.6. The molecule has 4 rings (SSSR count). The van der Waals surface area contributed by atoms with Gasteiger partial charge < -0.3 is 4.74 Å². The number of nitro groups is 1. The fourth-order valence-corrected chi connectivity index (χ4v) is 3.30. The molecule has 0 amide bonds. The van der Waals surface area contributed by atoms with Crippen molar-refractivity contribution in [3.05, 3.63) is 118 Å². The zero-order valence-corrected chi connectivity index (χ0v) is 16.6. The molecule has 4 aromatic rings. The van der Waals surface area contributed by atoms with E-state index in [0.29, 0.717) is 11.3 Å². The number of nitriles is 1. The molecule has 0 fully saturated rings. The Balaban J connectivity index is 1.59. The third-order valence-corrected chi connectivity index (χ3v) is 4.94. The molecule has 0 unspecified atom stereocenters. The average molecular weight is 406 g/mol. The molecule has 5 heteroatoms. The molecule has 0 atom stereocenters.